The standard InChI is InChI=1S/C15H21BrN2O3S/c1-10(2)9-21-13-5-4-11(16)8-12(13)14(19)18-15(22)17-6-7-20-3/h4-5,8,10H,6-7,9H2,1-3H3,(H2,17,18,19,22). The molecular weight excluding hydrogens is 368 g/mol. The molecule has 22 heavy (non-hydrogen) atoms. The first-order chi connectivity index (χ1) is 10.4. The molecule has 0 atom stereocenters. The van der Waals surface area contributed by atoms with Crippen molar-refractivity contribution in [1.82, 2.24) is 10.6 Å². The van der Waals surface area contributed by atoms with Crippen molar-refractivity contribution in [3.63, 3.8) is 0 Å². The van der Waals surface area contributed by atoms with Gasteiger partial charge < -0.3 is 14.8 Å². The molecule has 0 radical (unpaired) electrons. The Morgan fingerprint density at radius 1 is 1.41 bits per heavy atom. The van der Waals surface area contributed by atoms with Crippen LogP contribution in [0.2, 0.25) is 0 Å². The average molecular weight is 389 g/mol. The van der Waals surface area contributed by atoms with E-state index in [0.29, 0.717) is 37.0 Å². The van der Waals surface area contributed by atoms with Crippen molar-refractivity contribution in [2.75, 3.05) is 26.9 Å². The largest absolute Gasteiger partial charge is 0.492 e. The zero-order valence-corrected chi connectivity index (χ0v) is 15.3. The second kappa shape index (κ2) is 9.76. The van der Waals surface area contributed by atoms with E-state index in [1.54, 1.807) is 19.2 Å². The van der Waals surface area contributed by atoms with Gasteiger partial charge in [-0.05, 0) is 36.3 Å². The fraction of sp³-hybridized carbons (Fsp3) is 0.467. The van der Waals surface area contributed by atoms with Crippen molar-refractivity contribution in [2.24, 2.45) is 5.92 Å². The molecule has 0 saturated carbocycles. The highest BCUT2D eigenvalue weighted by Gasteiger charge is 2.15. The highest BCUT2D eigenvalue weighted by Crippen LogP contribution is 2.23. The van der Waals surface area contributed by atoms with Crippen molar-refractivity contribution in [3.05, 3.63) is 28.2 Å². The van der Waals surface area contributed by atoms with E-state index in [9.17, 15) is 4.79 Å². The van der Waals surface area contributed by atoms with Crippen LogP contribution < -0.4 is 15.4 Å². The quantitative estimate of drug-likeness (QED) is 0.555. The van der Waals surface area contributed by atoms with Crippen LogP contribution in [0.25, 0.3) is 0 Å². The number of nitrogens with one attached hydrogen (secondary N) is 2. The molecule has 7 heteroatoms. The molecule has 0 unspecified atom stereocenters. The number of thiocarbonyl (C=S) groups is 1. The van der Waals surface area contributed by atoms with Crippen LogP contribution in [0.1, 0.15) is 24.2 Å². The predicted octanol–water partition coefficient (Wildman–Crippen LogP) is 2.73. The van der Waals surface area contributed by atoms with E-state index in [4.69, 9.17) is 21.7 Å². The summed E-state index contributed by atoms with van der Waals surface area (Å²) in [5.41, 5.74) is 0.436. The van der Waals surface area contributed by atoms with Crippen molar-refractivity contribution in [3.8, 4) is 5.75 Å². The molecule has 1 aromatic carbocycles. The van der Waals surface area contributed by atoms with Crippen LogP contribution in [-0.2, 0) is 4.74 Å². The third-order valence-corrected chi connectivity index (χ3v) is 3.32. The van der Waals surface area contributed by atoms with Crippen LogP contribution in [0.3, 0.4) is 0 Å². The summed E-state index contributed by atoms with van der Waals surface area (Å²) in [6.45, 7) is 5.68. The molecule has 0 aliphatic heterocycles. The molecule has 122 valence electrons. The number of ether oxygens (including phenoxy) is 2. The lowest BCUT2D eigenvalue weighted by Crippen LogP contribution is -2.40. The number of methoxy groups -OCH3 is 1. The van der Waals surface area contributed by atoms with Gasteiger partial charge in [-0.3, -0.25) is 10.1 Å². The van der Waals surface area contributed by atoms with Crippen molar-refractivity contribution in [1.29, 1.82) is 0 Å². The Labute approximate surface area is 144 Å². The van der Waals surface area contributed by atoms with Gasteiger partial charge in [0, 0.05) is 18.1 Å². The van der Waals surface area contributed by atoms with E-state index in [1.807, 2.05) is 19.9 Å². The lowest BCUT2D eigenvalue weighted by molar-refractivity contribution is 0.0971. The third kappa shape index (κ3) is 6.72. The average Bonchev–Trinajstić information content (AvgIpc) is 2.46. The molecule has 1 aromatic rings. The summed E-state index contributed by atoms with van der Waals surface area (Å²) >= 11 is 8.44. The van der Waals surface area contributed by atoms with E-state index >= 15 is 0 Å². The summed E-state index contributed by atoms with van der Waals surface area (Å²) in [6, 6.07) is 5.31. The SMILES string of the molecule is COCCNC(=S)NC(=O)c1cc(Br)ccc1OCC(C)C. The highest BCUT2D eigenvalue weighted by molar-refractivity contribution is 9.10. The minimum absolute atomic E-state index is 0.261. The van der Waals surface area contributed by atoms with E-state index in [0.717, 1.165) is 4.47 Å². The number of rotatable bonds is 7. The lowest BCUT2D eigenvalue weighted by atomic mass is 10.2. The maximum atomic E-state index is 12.3. The van der Waals surface area contributed by atoms with Gasteiger partial charge in [-0.1, -0.05) is 29.8 Å². The first-order valence-corrected chi connectivity index (χ1v) is 8.14. The van der Waals surface area contributed by atoms with E-state index in [-0.39, 0.29) is 11.0 Å². The molecule has 1 rings (SSSR count). The Hall–Kier alpha value is -1.18. The number of amides is 1. The fourth-order valence-electron chi connectivity index (χ4n) is 1.54. The fourth-order valence-corrected chi connectivity index (χ4v) is 2.10. The number of carbonyl (C=O) groups excluding carboxylic acids is 1. The number of hydrogen-bond acceptors (Lipinski definition) is 4. The second-order valence-corrected chi connectivity index (χ2v) is 6.37. The molecule has 1 amide bonds. The molecule has 0 spiro atoms. The van der Waals surface area contributed by atoms with Gasteiger partial charge in [0.25, 0.3) is 5.91 Å². The van der Waals surface area contributed by atoms with Gasteiger partial charge in [-0.25, -0.2) is 0 Å². The maximum Gasteiger partial charge on any atom is 0.261 e. The molecule has 0 bridgehead atoms. The Morgan fingerprint density at radius 3 is 2.77 bits per heavy atom. The highest BCUT2D eigenvalue weighted by atomic mass is 79.9. The number of benzene rings is 1. The Balaban J connectivity index is 2.74. The summed E-state index contributed by atoms with van der Waals surface area (Å²) in [6.07, 6.45) is 0. The monoisotopic (exact) mass is 388 g/mol. The smallest absolute Gasteiger partial charge is 0.261 e. The van der Waals surface area contributed by atoms with Gasteiger partial charge in [0.1, 0.15) is 5.75 Å². The lowest BCUT2D eigenvalue weighted by Gasteiger charge is -2.14. The van der Waals surface area contributed by atoms with Crippen LogP contribution in [-0.4, -0.2) is 37.9 Å². The van der Waals surface area contributed by atoms with Crippen LogP contribution in [0, 0.1) is 5.92 Å². The Kier molecular flexibility index (Phi) is 8.37. The molecule has 0 saturated heterocycles. The number of carbonyl (C=O) groups is 1. The van der Waals surface area contributed by atoms with Crippen LogP contribution >= 0.6 is 28.1 Å². The van der Waals surface area contributed by atoms with Crippen LogP contribution in [0.4, 0.5) is 0 Å². The van der Waals surface area contributed by atoms with Gasteiger partial charge in [-0.2, -0.15) is 0 Å². The van der Waals surface area contributed by atoms with Crippen molar-refractivity contribution in [2.45, 2.75) is 13.8 Å². The number of halogens is 1. The van der Waals surface area contributed by atoms with Gasteiger partial charge in [0.05, 0.1) is 18.8 Å². The minimum atomic E-state index is -0.310. The summed E-state index contributed by atoms with van der Waals surface area (Å²) in [4.78, 5) is 12.3. The molecular formula is C15H21BrN2O3S. The second-order valence-electron chi connectivity index (χ2n) is 5.05. The van der Waals surface area contributed by atoms with E-state index in [1.165, 1.54) is 0 Å². The first kappa shape index (κ1) is 18.9. The first-order valence-electron chi connectivity index (χ1n) is 6.94. The van der Waals surface area contributed by atoms with Gasteiger partial charge in [-0.15, -0.1) is 0 Å². The summed E-state index contributed by atoms with van der Waals surface area (Å²) < 4.78 is 11.4. The predicted molar refractivity (Wildman–Crippen MR) is 94.4 cm³/mol. The van der Waals surface area contributed by atoms with Gasteiger partial charge in [0.15, 0.2) is 5.11 Å². The molecule has 0 heterocycles. The topological polar surface area (TPSA) is 59.6 Å². The molecule has 0 aliphatic carbocycles. The van der Waals surface area contributed by atoms with Crippen LogP contribution in [0.15, 0.2) is 22.7 Å². The van der Waals surface area contributed by atoms with Crippen molar-refractivity contribution < 1.29 is 14.3 Å². The van der Waals surface area contributed by atoms with Crippen molar-refractivity contribution >= 4 is 39.2 Å². The summed E-state index contributed by atoms with van der Waals surface area (Å²) in [7, 11) is 1.60. The molecule has 0 aromatic heterocycles. The zero-order chi connectivity index (χ0) is 16.5. The zero-order valence-electron chi connectivity index (χ0n) is 12.9. The van der Waals surface area contributed by atoms with E-state index < -0.39 is 0 Å². The number of hydrogen-bond donors (Lipinski definition) is 2. The molecule has 2 N–H and O–H groups in total. The molecule has 5 nitrogen and oxygen atoms in total. The minimum Gasteiger partial charge on any atom is -0.492 e. The summed E-state index contributed by atoms with van der Waals surface area (Å²) in [5, 5.41) is 5.79. The van der Waals surface area contributed by atoms with E-state index in [2.05, 4.69) is 26.6 Å². The Morgan fingerprint density at radius 2 is 2.14 bits per heavy atom. The van der Waals surface area contributed by atoms with Gasteiger partial charge in [0.2, 0.25) is 0 Å². The maximum absolute atomic E-state index is 12.3. The van der Waals surface area contributed by atoms with Crippen LogP contribution in [0.5, 0.6) is 5.75 Å². The molecule has 0 fully saturated rings. The summed E-state index contributed by atoms with van der Waals surface area (Å²) in [5.74, 6) is 0.598. The third-order valence-electron chi connectivity index (χ3n) is 2.58. The normalized spacial score (nSPS) is 10.4. The molecule has 0 aliphatic rings. The van der Waals surface area contributed by atoms with Gasteiger partial charge >= 0.3 is 0 Å². The Bertz CT molecular complexity index is 524.